The number of anilines is 1. The van der Waals surface area contributed by atoms with Crippen LogP contribution in [0.5, 0.6) is 0 Å². The van der Waals surface area contributed by atoms with Gasteiger partial charge in [0.1, 0.15) is 15.7 Å². The van der Waals surface area contributed by atoms with Gasteiger partial charge in [0.15, 0.2) is 5.82 Å². The predicted molar refractivity (Wildman–Crippen MR) is 71.8 cm³/mol. The quantitative estimate of drug-likeness (QED) is 0.844. The SMILES string of the molecule is Cn1cc(S(=O)(=O)Nc2cnc(Cl)cn2)cc1C(N)=O. The van der Waals surface area contributed by atoms with Gasteiger partial charge in [-0.2, -0.15) is 0 Å². The van der Waals surface area contributed by atoms with E-state index >= 15 is 0 Å². The highest BCUT2D eigenvalue weighted by atomic mass is 35.5. The van der Waals surface area contributed by atoms with Gasteiger partial charge in [0.05, 0.1) is 12.4 Å². The van der Waals surface area contributed by atoms with Crippen molar-refractivity contribution >= 4 is 33.3 Å². The summed E-state index contributed by atoms with van der Waals surface area (Å²) in [5, 5.41) is 0.142. The van der Waals surface area contributed by atoms with Crippen LogP contribution in [-0.2, 0) is 17.1 Å². The summed E-state index contributed by atoms with van der Waals surface area (Å²) in [6, 6.07) is 1.17. The highest BCUT2D eigenvalue weighted by Gasteiger charge is 2.20. The number of nitrogens with one attached hydrogen (secondary N) is 1. The molecule has 0 aliphatic rings. The van der Waals surface area contributed by atoms with E-state index < -0.39 is 15.9 Å². The summed E-state index contributed by atoms with van der Waals surface area (Å²) in [5.41, 5.74) is 5.20. The highest BCUT2D eigenvalue weighted by Crippen LogP contribution is 2.17. The molecule has 8 nitrogen and oxygen atoms in total. The molecule has 0 aliphatic heterocycles. The Bertz CT molecular complexity index is 754. The Hall–Kier alpha value is -2.13. The standard InChI is InChI=1S/C10H10ClN5O3S/c1-16-5-6(2-7(16)10(12)17)20(18,19)15-9-4-13-8(11)3-14-9/h2-5H,1H3,(H2,12,17)(H,14,15). The average Bonchev–Trinajstić information content (AvgIpc) is 2.75. The summed E-state index contributed by atoms with van der Waals surface area (Å²) in [6.45, 7) is 0. The first-order chi connectivity index (χ1) is 9.29. The number of halogens is 1. The fourth-order valence-corrected chi connectivity index (χ4v) is 2.65. The van der Waals surface area contributed by atoms with Crippen molar-refractivity contribution in [2.45, 2.75) is 4.90 Å². The minimum atomic E-state index is -3.89. The maximum absolute atomic E-state index is 12.1. The Morgan fingerprint density at radius 3 is 2.60 bits per heavy atom. The molecule has 2 aromatic rings. The Morgan fingerprint density at radius 2 is 2.10 bits per heavy atom. The third-order valence-electron chi connectivity index (χ3n) is 2.40. The molecular formula is C10H10ClN5O3S. The molecule has 1 amide bonds. The summed E-state index contributed by atoms with van der Waals surface area (Å²) in [7, 11) is -2.37. The summed E-state index contributed by atoms with van der Waals surface area (Å²) in [4.78, 5) is 18.5. The van der Waals surface area contributed by atoms with Crippen molar-refractivity contribution in [1.29, 1.82) is 0 Å². The van der Waals surface area contributed by atoms with Gasteiger partial charge in [0.25, 0.3) is 15.9 Å². The highest BCUT2D eigenvalue weighted by molar-refractivity contribution is 7.92. The minimum Gasteiger partial charge on any atom is -0.364 e. The van der Waals surface area contributed by atoms with Crippen LogP contribution in [0.1, 0.15) is 10.5 Å². The van der Waals surface area contributed by atoms with Crippen molar-refractivity contribution in [1.82, 2.24) is 14.5 Å². The van der Waals surface area contributed by atoms with Gasteiger partial charge in [-0.3, -0.25) is 9.52 Å². The third kappa shape index (κ3) is 2.89. The van der Waals surface area contributed by atoms with Crippen molar-refractivity contribution in [3.8, 4) is 0 Å². The lowest BCUT2D eigenvalue weighted by Crippen LogP contribution is -2.14. The van der Waals surface area contributed by atoms with Crippen molar-refractivity contribution in [3.63, 3.8) is 0 Å². The molecule has 0 bridgehead atoms. The van der Waals surface area contributed by atoms with E-state index in [1.807, 2.05) is 0 Å². The molecule has 0 fully saturated rings. The lowest BCUT2D eigenvalue weighted by atomic mass is 10.4. The summed E-state index contributed by atoms with van der Waals surface area (Å²) in [5.74, 6) is -0.709. The smallest absolute Gasteiger partial charge is 0.265 e. The number of carbonyl (C=O) groups excluding carboxylic acids is 1. The van der Waals surface area contributed by atoms with Crippen molar-refractivity contribution in [2.75, 3.05) is 4.72 Å². The van der Waals surface area contributed by atoms with E-state index in [2.05, 4.69) is 14.7 Å². The fraction of sp³-hybridized carbons (Fsp3) is 0.100. The molecule has 0 radical (unpaired) electrons. The second-order valence-electron chi connectivity index (χ2n) is 3.87. The number of carbonyl (C=O) groups is 1. The Labute approximate surface area is 119 Å². The first-order valence-corrected chi connectivity index (χ1v) is 7.12. The molecule has 2 aromatic heterocycles. The Balaban J connectivity index is 2.33. The van der Waals surface area contributed by atoms with Crippen LogP contribution < -0.4 is 10.5 Å². The first-order valence-electron chi connectivity index (χ1n) is 5.26. The molecule has 10 heteroatoms. The zero-order valence-corrected chi connectivity index (χ0v) is 11.8. The molecule has 2 rings (SSSR count). The molecule has 0 saturated carbocycles. The zero-order valence-electron chi connectivity index (χ0n) is 10.2. The molecule has 3 N–H and O–H groups in total. The number of rotatable bonds is 4. The molecular weight excluding hydrogens is 306 g/mol. The van der Waals surface area contributed by atoms with Crippen LogP contribution in [0.3, 0.4) is 0 Å². The molecule has 0 unspecified atom stereocenters. The van der Waals surface area contributed by atoms with Gasteiger partial charge in [-0.1, -0.05) is 11.6 Å². The number of hydrogen-bond donors (Lipinski definition) is 2. The van der Waals surface area contributed by atoms with Crippen molar-refractivity contribution in [3.05, 3.63) is 35.5 Å². The first kappa shape index (κ1) is 14.3. The monoisotopic (exact) mass is 315 g/mol. The molecule has 106 valence electrons. The topological polar surface area (TPSA) is 120 Å². The van der Waals surface area contributed by atoms with E-state index in [-0.39, 0.29) is 21.6 Å². The van der Waals surface area contributed by atoms with Crippen LogP contribution in [0, 0.1) is 0 Å². The molecule has 2 heterocycles. The van der Waals surface area contributed by atoms with E-state index in [9.17, 15) is 13.2 Å². The maximum atomic E-state index is 12.1. The largest absolute Gasteiger partial charge is 0.364 e. The van der Waals surface area contributed by atoms with Crippen LogP contribution in [0.2, 0.25) is 5.15 Å². The van der Waals surface area contributed by atoms with Crippen LogP contribution >= 0.6 is 11.6 Å². The minimum absolute atomic E-state index is 0.0129. The molecule has 20 heavy (non-hydrogen) atoms. The van der Waals surface area contributed by atoms with Crippen LogP contribution in [0.4, 0.5) is 5.82 Å². The van der Waals surface area contributed by atoms with E-state index in [0.717, 1.165) is 0 Å². The van der Waals surface area contributed by atoms with Gasteiger partial charge in [0.2, 0.25) is 0 Å². The lowest BCUT2D eigenvalue weighted by molar-refractivity contribution is 0.0992. The number of amides is 1. The third-order valence-corrected chi connectivity index (χ3v) is 3.92. The normalized spacial score (nSPS) is 11.3. The molecule has 0 spiro atoms. The van der Waals surface area contributed by atoms with E-state index in [4.69, 9.17) is 17.3 Å². The summed E-state index contributed by atoms with van der Waals surface area (Å²) < 4.78 is 27.7. The zero-order chi connectivity index (χ0) is 14.9. The number of nitrogens with two attached hydrogens (primary N) is 1. The number of nitrogens with zero attached hydrogens (tertiary/aromatic N) is 3. The summed E-state index contributed by atoms with van der Waals surface area (Å²) >= 11 is 5.55. The van der Waals surface area contributed by atoms with Crippen LogP contribution in [-0.4, -0.2) is 28.9 Å². The number of primary amides is 1. The predicted octanol–water partition coefficient (Wildman–Crippen LogP) is 0.368. The number of aromatic nitrogens is 3. The van der Waals surface area contributed by atoms with E-state index in [1.165, 1.54) is 36.3 Å². The summed E-state index contributed by atoms with van der Waals surface area (Å²) in [6.07, 6.45) is 3.66. The lowest BCUT2D eigenvalue weighted by Gasteiger charge is -2.04. The van der Waals surface area contributed by atoms with E-state index in [0.29, 0.717) is 0 Å². The number of aryl methyl sites for hydroxylation is 1. The van der Waals surface area contributed by atoms with Crippen molar-refractivity contribution < 1.29 is 13.2 Å². The maximum Gasteiger partial charge on any atom is 0.265 e. The van der Waals surface area contributed by atoms with Gasteiger partial charge >= 0.3 is 0 Å². The molecule has 0 aliphatic carbocycles. The van der Waals surface area contributed by atoms with Gasteiger partial charge in [-0.15, -0.1) is 0 Å². The van der Waals surface area contributed by atoms with Crippen LogP contribution in [0.15, 0.2) is 29.6 Å². The fourth-order valence-electron chi connectivity index (χ4n) is 1.49. The molecule has 0 saturated heterocycles. The van der Waals surface area contributed by atoms with Gasteiger partial charge in [-0.25, -0.2) is 18.4 Å². The molecule has 0 atom stereocenters. The second kappa shape index (κ2) is 5.10. The van der Waals surface area contributed by atoms with Gasteiger partial charge < -0.3 is 10.3 Å². The Morgan fingerprint density at radius 1 is 1.40 bits per heavy atom. The Kier molecular flexibility index (Phi) is 3.64. The van der Waals surface area contributed by atoms with Gasteiger partial charge in [0, 0.05) is 13.2 Å². The van der Waals surface area contributed by atoms with E-state index in [1.54, 1.807) is 0 Å². The van der Waals surface area contributed by atoms with Crippen LogP contribution in [0.25, 0.3) is 0 Å². The second-order valence-corrected chi connectivity index (χ2v) is 5.94. The number of hydrogen-bond acceptors (Lipinski definition) is 5. The average molecular weight is 316 g/mol. The van der Waals surface area contributed by atoms with Gasteiger partial charge in [-0.05, 0) is 6.07 Å². The van der Waals surface area contributed by atoms with Crippen molar-refractivity contribution in [2.24, 2.45) is 12.8 Å². The number of sulfonamides is 1. The molecule has 0 aromatic carbocycles.